The predicted octanol–water partition coefficient (Wildman–Crippen LogP) is 2.08. The van der Waals surface area contributed by atoms with Crippen LogP contribution in [0, 0.1) is 0 Å². The Morgan fingerprint density at radius 3 is 2.92 bits per heavy atom. The standard InChI is InChI=1S/C17H14N2O5S/c1-11(20)12-3-2-4-14(7-12)23-10-16(22)24-9-13-8-15(21)19-5-6-25-17(19)18-13/h2-8H,9-10H2,1H3. The number of thiazole rings is 1. The molecule has 3 aromatic rings. The third kappa shape index (κ3) is 4.10. The molecule has 0 saturated heterocycles. The molecule has 1 aromatic carbocycles. The molecule has 25 heavy (non-hydrogen) atoms. The Morgan fingerprint density at radius 2 is 2.12 bits per heavy atom. The van der Waals surface area contributed by atoms with Crippen molar-refractivity contribution in [1.29, 1.82) is 0 Å². The first-order valence-corrected chi connectivity index (χ1v) is 8.26. The molecule has 7 nitrogen and oxygen atoms in total. The van der Waals surface area contributed by atoms with Crippen molar-refractivity contribution in [2.45, 2.75) is 13.5 Å². The van der Waals surface area contributed by atoms with Crippen molar-refractivity contribution in [2.75, 3.05) is 6.61 Å². The van der Waals surface area contributed by atoms with Crippen molar-refractivity contribution in [3.05, 3.63) is 63.5 Å². The molecule has 3 rings (SSSR count). The van der Waals surface area contributed by atoms with Gasteiger partial charge in [0, 0.05) is 23.2 Å². The van der Waals surface area contributed by atoms with E-state index in [1.54, 1.807) is 35.8 Å². The lowest BCUT2D eigenvalue weighted by atomic mass is 10.1. The summed E-state index contributed by atoms with van der Waals surface area (Å²) in [5.41, 5.74) is 0.647. The lowest BCUT2D eigenvalue weighted by Gasteiger charge is -2.07. The number of carbonyl (C=O) groups is 2. The monoisotopic (exact) mass is 358 g/mol. The number of fused-ring (bicyclic) bond motifs is 1. The zero-order chi connectivity index (χ0) is 17.8. The number of ether oxygens (including phenoxy) is 2. The number of aromatic nitrogens is 2. The molecule has 0 radical (unpaired) electrons. The molecule has 0 unspecified atom stereocenters. The molecule has 0 aliphatic carbocycles. The summed E-state index contributed by atoms with van der Waals surface area (Å²) in [6.07, 6.45) is 1.63. The second kappa shape index (κ2) is 7.27. The van der Waals surface area contributed by atoms with Crippen LogP contribution in [0.5, 0.6) is 5.75 Å². The molecule has 0 atom stereocenters. The van der Waals surface area contributed by atoms with Crippen LogP contribution in [0.15, 0.2) is 46.7 Å². The van der Waals surface area contributed by atoms with Gasteiger partial charge in [-0.2, -0.15) is 0 Å². The van der Waals surface area contributed by atoms with Crippen LogP contribution in [-0.2, 0) is 16.1 Å². The van der Waals surface area contributed by atoms with Crippen molar-refractivity contribution in [1.82, 2.24) is 9.38 Å². The minimum Gasteiger partial charge on any atom is -0.482 e. The number of rotatable bonds is 6. The van der Waals surface area contributed by atoms with E-state index in [4.69, 9.17) is 9.47 Å². The fourth-order valence-electron chi connectivity index (χ4n) is 2.11. The number of Topliss-reactive ketones (excluding diaryl/α,β-unsaturated/α-hetero) is 1. The largest absolute Gasteiger partial charge is 0.482 e. The van der Waals surface area contributed by atoms with Crippen LogP contribution in [0.1, 0.15) is 23.0 Å². The van der Waals surface area contributed by atoms with Gasteiger partial charge < -0.3 is 9.47 Å². The normalized spacial score (nSPS) is 10.6. The molecular formula is C17H14N2O5S. The lowest BCUT2D eigenvalue weighted by Crippen LogP contribution is -2.17. The molecule has 0 saturated carbocycles. The molecule has 2 aromatic heterocycles. The topological polar surface area (TPSA) is 87.0 Å². The number of ketones is 1. The minimum absolute atomic E-state index is 0.0886. The molecule has 8 heteroatoms. The second-order valence-electron chi connectivity index (χ2n) is 5.17. The van der Waals surface area contributed by atoms with Crippen LogP contribution in [0.25, 0.3) is 4.96 Å². The number of hydrogen-bond donors (Lipinski definition) is 0. The van der Waals surface area contributed by atoms with E-state index in [9.17, 15) is 14.4 Å². The Hall–Kier alpha value is -3.00. The van der Waals surface area contributed by atoms with E-state index in [0.717, 1.165) is 0 Å². The third-order valence-corrected chi connectivity index (χ3v) is 4.09. The molecule has 0 spiro atoms. The van der Waals surface area contributed by atoms with Crippen molar-refractivity contribution < 1.29 is 19.1 Å². The predicted molar refractivity (Wildman–Crippen MR) is 91.1 cm³/mol. The molecule has 2 heterocycles. The van der Waals surface area contributed by atoms with Crippen LogP contribution in [0.2, 0.25) is 0 Å². The zero-order valence-electron chi connectivity index (χ0n) is 13.3. The van der Waals surface area contributed by atoms with Gasteiger partial charge in [0.05, 0.1) is 5.69 Å². The first-order valence-electron chi connectivity index (χ1n) is 7.38. The first kappa shape index (κ1) is 16.8. The fourth-order valence-corrected chi connectivity index (χ4v) is 2.84. The molecule has 0 N–H and O–H groups in total. The van der Waals surface area contributed by atoms with Crippen LogP contribution in [-0.4, -0.2) is 27.7 Å². The van der Waals surface area contributed by atoms with E-state index in [2.05, 4.69) is 4.98 Å². The molecule has 128 valence electrons. The summed E-state index contributed by atoms with van der Waals surface area (Å²) in [5.74, 6) is -0.281. The average molecular weight is 358 g/mol. The number of benzene rings is 1. The van der Waals surface area contributed by atoms with Gasteiger partial charge in [0.15, 0.2) is 17.4 Å². The van der Waals surface area contributed by atoms with Gasteiger partial charge in [-0.1, -0.05) is 12.1 Å². The number of hydrogen-bond acceptors (Lipinski definition) is 7. The van der Waals surface area contributed by atoms with E-state index in [1.807, 2.05) is 0 Å². The van der Waals surface area contributed by atoms with E-state index in [1.165, 1.54) is 28.7 Å². The highest BCUT2D eigenvalue weighted by Gasteiger charge is 2.09. The molecular weight excluding hydrogens is 344 g/mol. The van der Waals surface area contributed by atoms with Crippen LogP contribution in [0.4, 0.5) is 0 Å². The Balaban J connectivity index is 1.56. The Labute approximate surface area is 146 Å². The minimum atomic E-state index is -0.596. The molecule has 0 amide bonds. The summed E-state index contributed by atoms with van der Waals surface area (Å²) < 4.78 is 11.8. The summed E-state index contributed by atoms with van der Waals surface area (Å²) in [6, 6.07) is 7.86. The summed E-state index contributed by atoms with van der Waals surface area (Å²) in [7, 11) is 0. The van der Waals surface area contributed by atoms with Gasteiger partial charge in [0.2, 0.25) is 0 Å². The summed E-state index contributed by atoms with van der Waals surface area (Å²) >= 11 is 1.32. The summed E-state index contributed by atoms with van der Waals surface area (Å²) in [5, 5.41) is 1.75. The van der Waals surface area contributed by atoms with Gasteiger partial charge in [0.1, 0.15) is 12.4 Å². The van der Waals surface area contributed by atoms with Gasteiger partial charge in [-0.15, -0.1) is 11.3 Å². The highest BCUT2D eigenvalue weighted by molar-refractivity contribution is 7.15. The second-order valence-corrected chi connectivity index (χ2v) is 6.05. The summed E-state index contributed by atoms with van der Waals surface area (Å²) in [6.45, 7) is 1.04. The molecule has 0 bridgehead atoms. The van der Waals surface area contributed by atoms with Crippen molar-refractivity contribution in [2.24, 2.45) is 0 Å². The van der Waals surface area contributed by atoms with E-state index < -0.39 is 5.97 Å². The van der Waals surface area contributed by atoms with Gasteiger partial charge in [-0.25, -0.2) is 9.78 Å². The maximum absolute atomic E-state index is 11.8. The van der Waals surface area contributed by atoms with E-state index >= 15 is 0 Å². The van der Waals surface area contributed by atoms with Gasteiger partial charge in [-0.3, -0.25) is 14.0 Å². The fraction of sp³-hybridized carbons (Fsp3) is 0.176. The van der Waals surface area contributed by atoms with Gasteiger partial charge in [-0.05, 0) is 19.1 Å². The van der Waals surface area contributed by atoms with Crippen molar-refractivity contribution in [3.63, 3.8) is 0 Å². The van der Waals surface area contributed by atoms with Crippen LogP contribution < -0.4 is 10.3 Å². The van der Waals surface area contributed by atoms with Crippen LogP contribution >= 0.6 is 11.3 Å². The van der Waals surface area contributed by atoms with E-state index in [0.29, 0.717) is 22.0 Å². The maximum atomic E-state index is 11.8. The Bertz CT molecular complexity index is 992. The van der Waals surface area contributed by atoms with Crippen molar-refractivity contribution in [3.8, 4) is 5.75 Å². The third-order valence-electron chi connectivity index (χ3n) is 3.33. The molecule has 0 aliphatic rings. The maximum Gasteiger partial charge on any atom is 0.344 e. The average Bonchev–Trinajstić information content (AvgIpc) is 3.07. The van der Waals surface area contributed by atoms with E-state index in [-0.39, 0.29) is 24.6 Å². The number of esters is 1. The SMILES string of the molecule is CC(=O)c1cccc(OCC(=O)OCc2cc(=O)n3ccsc3n2)c1. The van der Waals surface area contributed by atoms with Gasteiger partial charge >= 0.3 is 5.97 Å². The highest BCUT2D eigenvalue weighted by Crippen LogP contribution is 2.14. The highest BCUT2D eigenvalue weighted by atomic mass is 32.1. The zero-order valence-corrected chi connectivity index (χ0v) is 14.1. The first-order chi connectivity index (χ1) is 12.0. The Morgan fingerprint density at radius 1 is 1.28 bits per heavy atom. The lowest BCUT2D eigenvalue weighted by molar-refractivity contribution is -0.147. The quantitative estimate of drug-likeness (QED) is 0.495. The molecule has 0 aliphatic heterocycles. The van der Waals surface area contributed by atoms with Crippen LogP contribution in [0.3, 0.4) is 0 Å². The van der Waals surface area contributed by atoms with Gasteiger partial charge in [0.25, 0.3) is 5.56 Å². The van der Waals surface area contributed by atoms with Crippen molar-refractivity contribution >= 4 is 28.1 Å². The smallest absolute Gasteiger partial charge is 0.344 e. The molecule has 0 fully saturated rings. The number of carbonyl (C=O) groups excluding carboxylic acids is 2. The number of nitrogens with zero attached hydrogens (tertiary/aromatic N) is 2. The summed E-state index contributed by atoms with van der Waals surface area (Å²) in [4.78, 5) is 39.7. The Kier molecular flexibility index (Phi) is 4.90.